The van der Waals surface area contributed by atoms with Crippen molar-refractivity contribution in [2.75, 3.05) is 17.7 Å². The largest absolute Gasteiger partial charge is 0.318 e. The summed E-state index contributed by atoms with van der Waals surface area (Å²) in [5, 5.41) is 0. The number of nitrogens with two attached hydrogens (primary N) is 1. The maximum atomic E-state index is 11.3. The highest BCUT2D eigenvalue weighted by atomic mass is 32.2. The van der Waals surface area contributed by atoms with E-state index >= 15 is 0 Å². The van der Waals surface area contributed by atoms with Crippen LogP contribution in [0, 0.1) is 0 Å². The van der Waals surface area contributed by atoms with Crippen molar-refractivity contribution in [2.24, 2.45) is 5.73 Å². The molecule has 6 heteroatoms. The first-order chi connectivity index (χ1) is 7.39. The molecule has 16 heavy (non-hydrogen) atoms. The van der Waals surface area contributed by atoms with Gasteiger partial charge in [-0.3, -0.25) is 4.79 Å². The van der Waals surface area contributed by atoms with Crippen molar-refractivity contribution >= 4 is 21.4 Å². The first-order valence-electron chi connectivity index (χ1n) is 4.76. The Morgan fingerprint density at radius 1 is 1.31 bits per heavy atom. The van der Waals surface area contributed by atoms with Crippen LogP contribution < -0.4 is 10.6 Å². The summed E-state index contributed by atoms with van der Waals surface area (Å²) in [6, 6.07) is 5.78. The molecule has 0 radical (unpaired) electrons. The molecule has 0 aliphatic carbocycles. The maximum absolute atomic E-state index is 11.3. The molecule has 1 aliphatic rings. The molecule has 5 nitrogen and oxygen atoms in total. The number of benzene rings is 1. The topological polar surface area (TPSA) is 80.5 Å². The highest BCUT2D eigenvalue weighted by Gasteiger charge is 2.34. The molecule has 0 saturated carbocycles. The Bertz CT molecular complexity index is 522. The van der Waals surface area contributed by atoms with Crippen LogP contribution in [0.1, 0.15) is 0 Å². The van der Waals surface area contributed by atoms with Gasteiger partial charge in [-0.25, -0.2) is 8.42 Å². The number of hydrogen-bond acceptors (Lipinski definition) is 4. The van der Waals surface area contributed by atoms with Crippen LogP contribution in [-0.4, -0.2) is 33.2 Å². The fourth-order valence-electron chi connectivity index (χ4n) is 1.56. The van der Waals surface area contributed by atoms with Crippen molar-refractivity contribution < 1.29 is 13.2 Å². The third-order valence-electron chi connectivity index (χ3n) is 2.54. The van der Waals surface area contributed by atoms with E-state index in [9.17, 15) is 13.2 Å². The summed E-state index contributed by atoms with van der Waals surface area (Å²) < 4.78 is 22.4. The Hall–Kier alpha value is -1.40. The number of amides is 1. The van der Waals surface area contributed by atoms with Gasteiger partial charge in [-0.2, -0.15) is 0 Å². The standard InChI is InChI=1S/C10H12N2O3S/c1-16(14,15)8-4-2-7(3-5-8)12-6-9(11)10(12)13/h2-5,9H,6,11H2,1H3. The van der Waals surface area contributed by atoms with Crippen LogP contribution in [0.3, 0.4) is 0 Å². The minimum atomic E-state index is -3.19. The zero-order valence-corrected chi connectivity index (χ0v) is 9.57. The highest BCUT2D eigenvalue weighted by Crippen LogP contribution is 2.22. The molecule has 1 heterocycles. The van der Waals surface area contributed by atoms with E-state index < -0.39 is 15.9 Å². The molecule has 1 aliphatic heterocycles. The van der Waals surface area contributed by atoms with Gasteiger partial charge in [-0.15, -0.1) is 0 Å². The summed E-state index contributed by atoms with van der Waals surface area (Å²) in [5.74, 6) is -0.132. The number of carbonyl (C=O) groups is 1. The average molecular weight is 240 g/mol. The number of carbonyl (C=O) groups excluding carboxylic acids is 1. The van der Waals surface area contributed by atoms with Crippen molar-refractivity contribution in [3.05, 3.63) is 24.3 Å². The first kappa shape index (κ1) is 11.1. The van der Waals surface area contributed by atoms with Gasteiger partial charge in [-0.1, -0.05) is 0 Å². The van der Waals surface area contributed by atoms with Gasteiger partial charge in [0.05, 0.1) is 11.4 Å². The second-order valence-corrected chi connectivity index (χ2v) is 5.84. The Kier molecular flexibility index (Phi) is 2.47. The zero-order chi connectivity index (χ0) is 11.9. The smallest absolute Gasteiger partial charge is 0.245 e. The van der Waals surface area contributed by atoms with E-state index in [0.29, 0.717) is 12.2 Å². The minimum Gasteiger partial charge on any atom is -0.318 e. The zero-order valence-electron chi connectivity index (χ0n) is 8.75. The molecule has 1 saturated heterocycles. The Morgan fingerprint density at radius 3 is 2.25 bits per heavy atom. The van der Waals surface area contributed by atoms with E-state index in [4.69, 9.17) is 5.73 Å². The van der Waals surface area contributed by atoms with Crippen LogP contribution in [0.2, 0.25) is 0 Å². The summed E-state index contributed by atoms with van der Waals surface area (Å²) in [7, 11) is -3.19. The molecular weight excluding hydrogens is 228 g/mol. The lowest BCUT2D eigenvalue weighted by atomic mass is 10.1. The molecular formula is C10H12N2O3S. The van der Waals surface area contributed by atoms with Crippen LogP contribution >= 0.6 is 0 Å². The number of hydrogen-bond donors (Lipinski definition) is 1. The van der Waals surface area contributed by atoms with Gasteiger partial charge in [0.2, 0.25) is 5.91 Å². The van der Waals surface area contributed by atoms with E-state index in [1.54, 1.807) is 12.1 Å². The van der Waals surface area contributed by atoms with Gasteiger partial charge in [0.25, 0.3) is 0 Å². The number of anilines is 1. The lowest BCUT2D eigenvalue weighted by Crippen LogP contribution is -2.61. The third-order valence-corrected chi connectivity index (χ3v) is 3.67. The normalized spacial score (nSPS) is 20.8. The number of β-lactam (4-membered cyclic amide) rings is 1. The van der Waals surface area contributed by atoms with E-state index in [-0.39, 0.29) is 10.8 Å². The van der Waals surface area contributed by atoms with Crippen LogP contribution in [-0.2, 0) is 14.6 Å². The highest BCUT2D eigenvalue weighted by molar-refractivity contribution is 7.90. The Morgan fingerprint density at radius 2 is 1.88 bits per heavy atom. The van der Waals surface area contributed by atoms with Gasteiger partial charge in [0.1, 0.15) is 6.04 Å². The Balaban J connectivity index is 2.24. The average Bonchev–Trinajstić information content (AvgIpc) is 2.24. The summed E-state index contributed by atoms with van der Waals surface area (Å²) in [6.07, 6.45) is 1.15. The first-order valence-corrected chi connectivity index (χ1v) is 6.66. The van der Waals surface area contributed by atoms with Crippen molar-refractivity contribution in [3.63, 3.8) is 0 Å². The number of rotatable bonds is 2. The summed E-state index contributed by atoms with van der Waals surface area (Å²) in [5.41, 5.74) is 6.14. The van der Waals surface area contributed by atoms with Gasteiger partial charge in [-0.05, 0) is 24.3 Å². The second kappa shape index (κ2) is 3.57. The Labute approximate surface area is 93.8 Å². The quantitative estimate of drug-likeness (QED) is 0.724. The lowest BCUT2D eigenvalue weighted by molar-refractivity contribution is -0.123. The predicted molar refractivity (Wildman–Crippen MR) is 59.9 cm³/mol. The van der Waals surface area contributed by atoms with Crippen LogP contribution in [0.5, 0.6) is 0 Å². The third kappa shape index (κ3) is 1.81. The molecule has 2 rings (SSSR count). The van der Waals surface area contributed by atoms with Crippen molar-refractivity contribution in [3.8, 4) is 0 Å². The molecule has 1 unspecified atom stereocenters. The molecule has 1 aromatic rings. The molecule has 0 aromatic heterocycles. The molecule has 1 atom stereocenters. The van der Waals surface area contributed by atoms with Crippen molar-refractivity contribution in [1.82, 2.24) is 0 Å². The summed E-state index contributed by atoms with van der Waals surface area (Å²) >= 11 is 0. The maximum Gasteiger partial charge on any atom is 0.245 e. The molecule has 0 spiro atoms. The van der Waals surface area contributed by atoms with E-state index in [0.717, 1.165) is 6.26 Å². The number of sulfone groups is 1. The van der Waals surface area contributed by atoms with Crippen LogP contribution in [0.15, 0.2) is 29.2 Å². The molecule has 1 aromatic carbocycles. The lowest BCUT2D eigenvalue weighted by Gasteiger charge is -2.36. The monoisotopic (exact) mass is 240 g/mol. The fourth-order valence-corrected chi connectivity index (χ4v) is 2.19. The van der Waals surface area contributed by atoms with Crippen LogP contribution in [0.4, 0.5) is 5.69 Å². The van der Waals surface area contributed by atoms with Gasteiger partial charge in [0.15, 0.2) is 9.84 Å². The van der Waals surface area contributed by atoms with Crippen molar-refractivity contribution in [1.29, 1.82) is 0 Å². The minimum absolute atomic E-state index is 0.132. The summed E-state index contributed by atoms with van der Waals surface area (Å²) in [6.45, 7) is 0.483. The van der Waals surface area contributed by atoms with E-state index in [2.05, 4.69) is 0 Å². The predicted octanol–water partition coefficient (Wildman–Crippen LogP) is -0.236. The van der Waals surface area contributed by atoms with E-state index in [1.165, 1.54) is 17.0 Å². The SMILES string of the molecule is CS(=O)(=O)c1ccc(N2CC(N)C2=O)cc1. The fraction of sp³-hybridized carbons (Fsp3) is 0.300. The number of nitrogens with zero attached hydrogens (tertiary/aromatic N) is 1. The van der Waals surface area contributed by atoms with Gasteiger partial charge < -0.3 is 10.6 Å². The second-order valence-electron chi connectivity index (χ2n) is 3.82. The molecule has 0 bridgehead atoms. The van der Waals surface area contributed by atoms with E-state index in [1.807, 2.05) is 0 Å². The molecule has 86 valence electrons. The van der Waals surface area contributed by atoms with Crippen molar-refractivity contribution in [2.45, 2.75) is 10.9 Å². The molecule has 1 fully saturated rings. The summed E-state index contributed by atoms with van der Waals surface area (Å²) in [4.78, 5) is 13.1. The molecule has 1 amide bonds. The van der Waals surface area contributed by atoms with Crippen LogP contribution in [0.25, 0.3) is 0 Å². The van der Waals surface area contributed by atoms with Gasteiger partial charge in [0, 0.05) is 11.9 Å². The van der Waals surface area contributed by atoms with Gasteiger partial charge >= 0.3 is 0 Å². The molecule has 2 N–H and O–H groups in total.